The first-order chi connectivity index (χ1) is 8.33. The van der Waals surface area contributed by atoms with E-state index in [9.17, 15) is 4.79 Å². The highest BCUT2D eigenvalue weighted by atomic mass is 16.5. The van der Waals surface area contributed by atoms with Gasteiger partial charge >= 0.3 is 0 Å². The lowest BCUT2D eigenvalue weighted by Gasteiger charge is -2.12. The summed E-state index contributed by atoms with van der Waals surface area (Å²) >= 11 is 0. The molecule has 4 nitrogen and oxygen atoms in total. The van der Waals surface area contributed by atoms with Crippen LogP contribution < -0.4 is 10.9 Å². The molecule has 0 saturated carbocycles. The van der Waals surface area contributed by atoms with Gasteiger partial charge in [0.25, 0.3) is 5.56 Å². The summed E-state index contributed by atoms with van der Waals surface area (Å²) in [4.78, 5) is 14.7. The molecule has 0 radical (unpaired) electrons. The molecule has 2 N–H and O–H groups in total. The van der Waals surface area contributed by atoms with Crippen molar-refractivity contribution in [3.05, 3.63) is 40.7 Å². The van der Waals surface area contributed by atoms with E-state index >= 15 is 0 Å². The second kappa shape index (κ2) is 4.22. The predicted molar refractivity (Wildman–Crippen MR) is 67.4 cm³/mol. The number of H-pyrrole nitrogens is 1. The number of hydrogen-bond donors (Lipinski definition) is 2. The van der Waals surface area contributed by atoms with E-state index in [0.717, 1.165) is 29.6 Å². The molecule has 3 rings (SSSR count). The summed E-state index contributed by atoms with van der Waals surface area (Å²) in [5.41, 5.74) is -0.0514. The van der Waals surface area contributed by atoms with Crippen LogP contribution in [0.3, 0.4) is 0 Å². The Labute approximate surface area is 98.6 Å². The van der Waals surface area contributed by atoms with Crippen LogP contribution in [0.4, 0.5) is 5.82 Å². The van der Waals surface area contributed by atoms with Crippen molar-refractivity contribution in [3.63, 3.8) is 0 Å². The van der Waals surface area contributed by atoms with Gasteiger partial charge in [-0.1, -0.05) is 18.2 Å². The Morgan fingerprint density at radius 1 is 1.35 bits per heavy atom. The minimum Gasteiger partial charge on any atom is -0.379 e. The van der Waals surface area contributed by atoms with Crippen LogP contribution in [-0.4, -0.2) is 24.2 Å². The number of ether oxygens (including phenoxy) is 1. The van der Waals surface area contributed by atoms with E-state index in [0.29, 0.717) is 12.6 Å². The maximum absolute atomic E-state index is 11.8. The van der Waals surface area contributed by atoms with E-state index in [4.69, 9.17) is 4.74 Å². The largest absolute Gasteiger partial charge is 0.379 e. The van der Waals surface area contributed by atoms with Crippen molar-refractivity contribution < 1.29 is 4.74 Å². The van der Waals surface area contributed by atoms with Gasteiger partial charge in [0.05, 0.1) is 12.6 Å². The summed E-state index contributed by atoms with van der Waals surface area (Å²) in [5.74, 6) is 0.768. The Hall–Kier alpha value is -1.81. The normalized spacial score (nSPS) is 19.6. The van der Waals surface area contributed by atoms with E-state index in [1.165, 1.54) is 0 Å². The number of aromatic nitrogens is 1. The van der Waals surface area contributed by atoms with E-state index in [-0.39, 0.29) is 5.56 Å². The van der Waals surface area contributed by atoms with Gasteiger partial charge in [-0.05, 0) is 23.9 Å². The van der Waals surface area contributed by atoms with Gasteiger partial charge in [-0.2, -0.15) is 0 Å². The molecule has 2 aromatic rings. The number of hydrogen-bond acceptors (Lipinski definition) is 3. The fourth-order valence-corrected chi connectivity index (χ4v) is 2.16. The smallest absolute Gasteiger partial charge is 0.257 e. The van der Waals surface area contributed by atoms with Gasteiger partial charge in [-0.15, -0.1) is 0 Å². The highest BCUT2D eigenvalue weighted by Crippen LogP contribution is 2.15. The second-order valence-electron chi connectivity index (χ2n) is 4.30. The molecule has 1 aromatic carbocycles. The Morgan fingerprint density at radius 2 is 2.24 bits per heavy atom. The molecular formula is C13H14N2O2. The lowest BCUT2D eigenvalue weighted by Crippen LogP contribution is -2.21. The van der Waals surface area contributed by atoms with Gasteiger partial charge in [0.1, 0.15) is 5.82 Å². The van der Waals surface area contributed by atoms with Gasteiger partial charge in [0.15, 0.2) is 0 Å². The molecule has 4 heteroatoms. The first-order valence-electron chi connectivity index (χ1n) is 5.79. The molecule has 0 aliphatic carbocycles. The maximum atomic E-state index is 11.8. The van der Waals surface area contributed by atoms with Crippen molar-refractivity contribution in [2.45, 2.75) is 12.5 Å². The molecule has 0 bridgehead atoms. The van der Waals surface area contributed by atoms with E-state index in [2.05, 4.69) is 10.3 Å². The third-order valence-corrected chi connectivity index (χ3v) is 3.04. The Kier molecular flexibility index (Phi) is 2.57. The number of aromatic amines is 1. The summed E-state index contributed by atoms with van der Waals surface area (Å²) < 4.78 is 5.29. The monoisotopic (exact) mass is 230 g/mol. The summed E-state index contributed by atoms with van der Waals surface area (Å²) in [5, 5.41) is 4.97. The molecule has 88 valence electrons. The average molecular weight is 230 g/mol. The average Bonchev–Trinajstić information content (AvgIpc) is 2.82. The Morgan fingerprint density at radius 3 is 3.06 bits per heavy atom. The molecule has 1 aliphatic rings. The SMILES string of the molecule is O=c1[nH]c(NC2CCOC2)cc2ccccc12. The summed E-state index contributed by atoms with van der Waals surface area (Å²) in [6.45, 7) is 1.49. The fraction of sp³-hybridized carbons (Fsp3) is 0.308. The standard InChI is InChI=1S/C13H14N2O2/c16-13-11-4-2-1-3-9(11)7-12(15-13)14-10-5-6-17-8-10/h1-4,7,10H,5-6,8H2,(H2,14,15,16). The lowest BCUT2D eigenvalue weighted by atomic mass is 10.1. The Balaban J connectivity index is 1.97. The van der Waals surface area contributed by atoms with Crippen LogP contribution in [-0.2, 0) is 4.74 Å². The molecule has 1 fully saturated rings. The zero-order chi connectivity index (χ0) is 11.7. The number of anilines is 1. The van der Waals surface area contributed by atoms with Crippen LogP contribution in [0.25, 0.3) is 10.8 Å². The van der Waals surface area contributed by atoms with Gasteiger partial charge in [-0.3, -0.25) is 4.79 Å². The van der Waals surface area contributed by atoms with Crippen molar-refractivity contribution in [2.24, 2.45) is 0 Å². The lowest BCUT2D eigenvalue weighted by molar-refractivity contribution is 0.195. The molecule has 0 spiro atoms. The van der Waals surface area contributed by atoms with Crippen LogP contribution >= 0.6 is 0 Å². The van der Waals surface area contributed by atoms with Crippen molar-refractivity contribution in [2.75, 3.05) is 18.5 Å². The summed E-state index contributed by atoms with van der Waals surface area (Å²) in [6, 6.07) is 9.85. The van der Waals surface area contributed by atoms with Crippen molar-refractivity contribution >= 4 is 16.6 Å². The first kappa shape index (κ1) is 10.4. The molecule has 1 aromatic heterocycles. The molecule has 1 saturated heterocycles. The van der Waals surface area contributed by atoms with E-state index < -0.39 is 0 Å². The van der Waals surface area contributed by atoms with Gasteiger partial charge in [-0.25, -0.2) is 0 Å². The molecule has 17 heavy (non-hydrogen) atoms. The van der Waals surface area contributed by atoms with Crippen LogP contribution in [0.15, 0.2) is 35.1 Å². The highest BCUT2D eigenvalue weighted by Gasteiger charge is 2.15. The van der Waals surface area contributed by atoms with Crippen LogP contribution in [0.2, 0.25) is 0 Å². The van der Waals surface area contributed by atoms with Gasteiger partial charge in [0, 0.05) is 12.0 Å². The number of benzene rings is 1. The van der Waals surface area contributed by atoms with Gasteiger partial charge in [0.2, 0.25) is 0 Å². The minimum absolute atomic E-state index is 0.0514. The van der Waals surface area contributed by atoms with Crippen molar-refractivity contribution in [1.82, 2.24) is 4.98 Å². The summed E-state index contributed by atoms with van der Waals surface area (Å²) in [7, 11) is 0. The molecule has 0 amide bonds. The van der Waals surface area contributed by atoms with Crippen molar-refractivity contribution in [1.29, 1.82) is 0 Å². The fourth-order valence-electron chi connectivity index (χ4n) is 2.16. The Bertz CT molecular complexity index is 585. The molecule has 1 unspecified atom stereocenters. The molecule has 2 heterocycles. The van der Waals surface area contributed by atoms with Crippen LogP contribution in [0.1, 0.15) is 6.42 Å². The summed E-state index contributed by atoms with van der Waals surface area (Å²) in [6.07, 6.45) is 0.981. The van der Waals surface area contributed by atoms with E-state index in [1.54, 1.807) is 0 Å². The highest BCUT2D eigenvalue weighted by molar-refractivity contribution is 5.83. The first-order valence-corrected chi connectivity index (χ1v) is 5.79. The zero-order valence-corrected chi connectivity index (χ0v) is 9.40. The van der Waals surface area contributed by atoms with Crippen LogP contribution in [0, 0.1) is 0 Å². The third kappa shape index (κ3) is 2.03. The van der Waals surface area contributed by atoms with E-state index in [1.807, 2.05) is 30.3 Å². The van der Waals surface area contributed by atoms with Crippen LogP contribution in [0.5, 0.6) is 0 Å². The van der Waals surface area contributed by atoms with Gasteiger partial charge < -0.3 is 15.0 Å². The second-order valence-corrected chi connectivity index (χ2v) is 4.30. The minimum atomic E-state index is -0.0514. The topological polar surface area (TPSA) is 54.1 Å². The quantitative estimate of drug-likeness (QED) is 0.826. The molecule has 1 aliphatic heterocycles. The third-order valence-electron chi connectivity index (χ3n) is 3.04. The number of nitrogens with one attached hydrogen (secondary N) is 2. The predicted octanol–water partition coefficient (Wildman–Crippen LogP) is 1.73. The maximum Gasteiger partial charge on any atom is 0.257 e. The number of fused-ring (bicyclic) bond motifs is 1. The zero-order valence-electron chi connectivity index (χ0n) is 9.40. The number of pyridine rings is 1. The van der Waals surface area contributed by atoms with Crippen molar-refractivity contribution in [3.8, 4) is 0 Å². The molecular weight excluding hydrogens is 216 g/mol. The number of rotatable bonds is 2. The molecule has 1 atom stereocenters.